The maximum atomic E-state index is 10.2. The number of amides is 1. The van der Waals surface area contributed by atoms with E-state index in [9.17, 15) is 4.79 Å². The Kier molecular flexibility index (Phi) is 3.94. The highest BCUT2D eigenvalue weighted by Crippen LogP contribution is 2.04. The highest BCUT2D eigenvalue weighted by molar-refractivity contribution is 5.64. The molecule has 0 saturated carbocycles. The highest BCUT2D eigenvalue weighted by atomic mass is 16.4. The molecule has 0 fully saturated rings. The van der Waals surface area contributed by atoms with E-state index in [2.05, 4.69) is 5.32 Å². The zero-order valence-corrected chi connectivity index (χ0v) is 7.86. The van der Waals surface area contributed by atoms with Gasteiger partial charge in [-0.2, -0.15) is 0 Å². The van der Waals surface area contributed by atoms with Crippen molar-refractivity contribution in [2.75, 3.05) is 6.54 Å². The molecule has 0 atom stereocenters. The van der Waals surface area contributed by atoms with Crippen LogP contribution in [0.15, 0.2) is 24.3 Å². The fourth-order valence-electron chi connectivity index (χ4n) is 1.17. The summed E-state index contributed by atoms with van der Waals surface area (Å²) >= 11 is 0. The first kappa shape index (κ1) is 10.5. The second-order valence-electron chi connectivity index (χ2n) is 3.01. The molecule has 1 amide bonds. The van der Waals surface area contributed by atoms with Gasteiger partial charge in [-0.15, -0.1) is 0 Å². The molecule has 0 radical (unpaired) electrons. The van der Waals surface area contributed by atoms with Crippen LogP contribution in [0, 0.1) is 0 Å². The van der Waals surface area contributed by atoms with Crippen LogP contribution in [0.4, 0.5) is 4.79 Å². The average Bonchev–Trinajstić information content (AvgIpc) is 2.17. The summed E-state index contributed by atoms with van der Waals surface area (Å²) in [6, 6.07) is 7.74. The molecule has 0 aliphatic rings. The lowest BCUT2D eigenvalue weighted by atomic mass is 10.1. The Labute approximate surface area is 82.7 Å². The normalized spacial score (nSPS) is 9.79. The minimum Gasteiger partial charge on any atom is -0.465 e. The van der Waals surface area contributed by atoms with Crippen molar-refractivity contribution in [2.24, 2.45) is 5.73 Å². The third-order valence-electron chi connectivity index (χ3n) is 1.90. The molecule has 76 valence electrons. The molecule has 1 aromatic rings. The molecular formula is C10H14N2O2. The number of nitrogens with one attached hydrogen (secondary N) is 1. The van der Waals surface area contributed by atoms with E-state index in [1.165, 1.54) is 5.56 Å². The van der Waals surface area contributed by atoms with E-state index in [1.807, 2.05) is 24.3 Å². The molecule has 0 unspecified atom stereocenters. The van der Waals surface area contributed by atoms with Crippen LogP contribution in [0.1, 0.15) is 11.1 Å². The van der Waals surface area contributed by atoms with Gasteiger partial charge in [-0.3, -0.25) is 0 Å². The van der Waals surface area contributed by atoms with Gasteiger partial charge < -0.3 is 16.2 Å². The minimum absolute atomic E-state index is 0.345. The lowest BCUT2D eigenvalue weighted by molar-refractivity contribution is 0.194. The van der Waals surface area contributed by atoms with E-state index in [0.717, 1.165) is 12.0 Å². The lowest BCUT2D eigenvalue weighted by Crippen LogP contribution is -2.19. The number of benzene rings is 1. The maximum Gasteiger partial charge on any atom is 0.404 e. The zero-order chi connectivity index (χ0) is 10.4. The predicted molar refractivity (Wildman–Crippen MR) is 54.1 cm³/mol. The SMILES string of the molecule is NCCc1ccc(CNC(=O)O)cc1. The van der Waals surface area contributed by atoms with Crippen molar-refractivity contribution in [1.29, 1.82) is 0 Å². The molecule has 0 spiro atoms. The molecule has 0 aliphatic carbocycles. The van der Waals surface area contributed by atoms with Gasteiger partial charge in [-0.25, -0.2) is 4.79 Å². The van der Waals surface area contributed by atoms with E-state index in [0.29, 0.717) is 13.1 Å². The van der Waals surface area contributed by atoms with Crippen molar-refractivity contribution in [3.05, 3.63) is 35.4 Å². The van der Waals surface area contributed by atoms with Gasteiger partial charge in [0.1, 0.15) is 0 Å². The number of hydrogen-bond donors (Lipinski definition) is 3. The number of rotatable bonds is 4. The summed E-state index contributed by atoms with van der Waals surface area (Å²) < 4.78 is 0. The summed E-state index contributed by atoms with van der Waals surface area (Å²) in [5, 5.41) is 10.7. The number of carboxylic acid groups (broad SMARTS) is 1. The fraction of sp³-hybridized carbons (Fsp3) is 0.300. The van der Waals surface area contributed by atoms with Crippen LogP contribution in [0.25, 0.3) is 0 Å². The van der Waals surface area contributed by atoms with Crippen LogP contribution in [-0.2, 0) is 13.0 Å². The lowest BCUT2D eigenvalue weighted by Gasteiger charge is -2.03. The maximum absolute atomic E-state index is 10.2. The average molecular weight is 194 g/mol. The van der Waals surface area contributed by atoms with Crippen molar-refractivity contribution < 1.29 is 9.90 Å². The Morgan fingerprint density at radius 1 is 1.29 bits per heavy atom. The monoisotopic (exact) mass is 194 g/mol. The van der Waals surface area contributed by atoms with E-state index in [1.54, 1.807) is 0 Å². The largest absolute Gasteiger partial charge is 0.465 e. The van der Waals surface area contributed by atoms with Crippen LogP contribution in [-0.4, -0.2) is 17.7 Å². The van der Waals surface area contributed by atoms with E-state index in [4.69, 9.17) is 10.8 Å². The van der Waals surface area contributed by atoms with Crippen LogP contribution in [0.2, 0.25) is 0 Å². The van der Waals surface area contributed by atoms with Gasteiger partial charge in [0.15, 0.2) is 0 Å². The molecule has 14 heavy (non-hydrogen) atoms. The quantitative estimate of drug-likeness (QED) is 0.668. The van der Waals surface area contributed by atoms with Crippen LogP contribution >= 0.6 is 0 Å². The molecule has 0 heterocycles. The molecule has 1 rings (SSSR count). The van der Waals surface area contributed by atoms with E-state index in [-0.39, 0.29) is 0 Å². The summed E-state index contributed by atoms with van der Waals surface area (Å²) in [4.78, 5) is 10.2. The molecule has 4 N–H and O–H groups in total. The Morgan fingerprint density at radius 2 is 1.86 bits per heavy atom. The molecule has 0 saturated heterocycles. The van der Waals surface area contributed by atoms with Crippen molar-refractivity contribution in [1.82, 2.24) is 5.32 Å². The first-order valence-electron chi connectivity index (χ1n) is 4.47. The van der Waals surface area contributed by atoms with Gasteiger partial charge >= 0.3 is 6.09 Å². The molecule has 4 nitrogen and oxygen atoms in total. The van der Waals surface area contributed by atoms with Crippen molar-refractivity contribution >= 4 is 6.09 Å². The number of nitrogens with two attached hydrogens (primary N) is 1. The standard InChI is InChI=1S/C10H14N2O2/c11-6-5-8-1-3-9(4-2-8)7-12-10(13)14/h1-4,12H,5-7,11H2,(H,13,14). The third-order valence-corrected chi connectivity index (χ3v) is 1.90. The Morgan fingerprint density at radius 3 is 2.36 bits per heavy atom. The Balaban J connectivity index is 2.50. The van der Waals surface area contributed by atoms with Gasteiger partial charge in [0.2, 0.25) is 0 Å². The summed E-state index contributed by atoms with van der Waals surface area (Å²) in [7, 11) is 0. The minimum atomic E-state index is -1.00. The van der Waals surface area contributed by atoms with Gasteiger partial charge in [0.05, 0.1) is 0 Å². The van der Waals surface area contributed by atoms with Crippen LogP contribution in [0.3, 0.4) is 0 Å². The molecule has 4 heteroatoms. The highest BCUT2D eigenvalue weighted by Gasteiger charge is 1.96. The number of hydrogen-bond acceptors (Lipinski definition) is 2. The fourth-order valence-corrected chi connectivity index (χ4v) is 1.17. The molecule has 0 bridgehead atoms. The predicted octanol–water partition coefficient (Wildman–Crippen LogP) is 0.955. The second kappa shape index (κ2) is 5.24. The smallest absolute Gasteiger partial charge is 0.404 e. The topological polar surface area (TPSA) is 75.3 Å². The first-order chi connectivity index (χ1) is 6.72. The van der Waals surface area contributed by atoms with Gasteiger partial charge in [-0.1, -0.05) is 24.3 Å². The van der Waals surface area contributed by atoms with Crippen molar-refractivity contribution in [3.8, 4) is 0 Å². The van der Waals surface area contributed by atoms with Crippen LogP contribution < -0.4 is 11.1 Å². The van der Waals surface area contributed by atoms with Gasteiger partial charge in [-0.05, 0) is 24.1 Å². The summed E-state index contributed by atoms with van der Waals surface area (Å²) in [6.45, 7) is 0.977. The summed E-state index contributed by atoms with van der Waals surface area (Å²) in [5.74, 6) is 0. The number of carbonyl (C=O) groups is 1. The van der Waals surface area contributed by atoms with E-state index < -0.39 is 6.09 Å². The molecule has 0 aliphatic heterocycles. The molecule has 0 aromatic heterocycles. The van der Waals surface area contributed by atoms with E-state index >= 15 is 0 Å². The van der Waals surface area contributed by atoms with Crippen LogP contribution in [0.5, 0.6) is 0 Å². The van der Waals surface area contributed by atoms with Crippen molar-refractivity contribution in [3.63, 3.8) is 0 Å². The Bertz CT molecular complexity index is 295. The molecule has 1 aromatic carbocycles. The van der Waals surface area contributed by atoms with Crippen molar-refractivity contribution in [2.45, 2.75) is 13.0 Å². The molecular weight excluding hydrogens is 180 g/mol. The summed E-state index contributed by atoms with van der Waals surface area (Å²) in [6.07, 6.45) is -0.150. The Hall–Kier alpha value is -1.55. The van der Waals surface area contributed by atoms with Gasteiger partial charge in [0.25, 0.3) is 0 Å². The van der Waals surface area contributed by atoms with Gasteiger partial charge in [0, 0.05) is 6.54 Å². The zero-order valence-electron chi connectivity index (χ0n) is 7.86. The third kappa shape index (κ3) is 3.45. The first-order valence-corrected chi connectivity index (χ1v) is 4.47. The summed E-state index contributed by atoms with van der Waals surface area (Å²) in [5.41, 5.74) is 7.53. The second-order valence-corrected chi connectivity index (χ2v) is 3.01.